The van der Waals surface area contributed by atoms with Crippen molar-refractivity contribution in [3.05, 3.63) is 64.2 Å². The van der Waals surface area contributed by atoms with Gasteiger partial charge in [-0.05, 0) is 31.5 Å². The predicted molar refractivity (Wildman–Crippen MR) is 118 cm³/mol. The number of aromatic nitrogens is 4. The molecule has 1 amide bonds. The topological polar surface area (TPSA) is 77.2 Å². The quantitative estimate of drug-likeness (QED) is 0.632. The van der Waals surface area contributed by atoms with Gasteiger partial charge >= 0.3 is 0 Å². The van der Waals surface area contributed by atoms with Crippen LogP contribution in [0.25, 0.3) is 0 Å². The summed E-state index contributed by atoms with van der Waals surface area (Å²) in [5.41, 5.74) is 6.19. The Balaban J connectivity index is 1.62. The Kier molecular flexibility index (Phi) is 6.08. The van der Waals surface area contributed by atoms with E-state index < -0.39 is 0 Å². The van der Waals surface area contributed by atoms with E-state index in [1.807, 2.05) is 47.7 Å². The smallest absolute Gasteiger partial charge is 0.272 e. The minimum atomic E-state index is -0.109. The van der Waals surface area contributed by atoms with Gasteiger partial charge in [-0.3, -0.25) is 19.1 Å². The number of hydrogen-bond acceptors (Lipinski definition) is 5. The summed E-state index contributed by atoms with van der Waals surface area (Å²) in [5, 5.41) is 12.0. The Morgan fingerprint density at radius 3 is 2.84 bits per heavy atom. The standard InChI is InChI=1S/C23H30N6O2/c1-5-24-23(30)22-20-15-28(14-18-12-25-27(3)16(18)2)10-9-21(20)29(26-22)13-17-7-6-8-19(11-17)31-4/h6-8,11-12H,5,9-10,13-15H2,1-4H3,(H,24,30). The van der Waals surface area contributed by atoms with E-state index in [0.29, 0.717) is 25.3 Å². The van der Waals surface area contributed by atoms with E-state index in [1.54, 1.807) is 7.11 Å². The van der Waals surface area contributed by atoms with E-state index in [0.717, 1.165) is 42.1 Å². The van der Waals surface area contributed by atoms with Gasteiger partial charge in [0.25, 0.3) is 5.91 Å². The lowest BCUT2D eigenvalue weighted by Crippen LogP contribution is -2.32. The molecule has 31 heavy (non-hydrogen) atoms. The van der Waals surface area contributed by atoms with Gasteiger partial charge in [-0.1, -0.05) is 12.1 Å². The lowest BCUT2D eigenvalue weighted by atomic mass is 10.0. The first kappa shape index (κ1) is 21.1. The SMILES string of the molecule is CCNC(=O)c1nn(Cc2cccc(OC)c2)c2c1CN(Cc1cnn(C)c1C)CC2. The highest BCUT2D eigenvalue weighted by molar-refractivity contribution is 5.94. The Hall–Kier alpha value is -3.13. The second kappa shape index (κ2) is 8.93. The number of carbonyl (C=O) groups is 1. The highest BCUT2D eigenvalue weighted by Crippen LogP contribution is 2.26. The molecule has 0 aliphatic carbocycles. The molecule has 1 N–H and O–H groups in total. The first-order valence-corrected chi connectivity index (χ1v) is 10.7. The molecule has 8 nitrogen and oxygen atoms in total. The van der Waals surface area contributed by atoms with E-state index in [-0.39, 0.29) is 5.91 Å². The average Bonchev–Trinajstić information content (AvgIpc) is 3.29. The Morgan fingerprint density at radius 2 is 2.13 bits per heavy atom. The molecule has 0 saturated carbocycles. The Labute approximate surface area is 182 Å². The van der Waals surface area contributed by atoms with Crippen LogP contribution in [0, 0.1) is 6.92 Å². The normalized spacial score (nSPS) is 13.8. The molecule has 4 rings (SSSR count). The maximum Gasteiger partial charge on any atom is 0.272 e. The van der Waals surface area contributed by atoms with Gasteiger partial charge in [0.15, 0.2) is 5.69 Å². The van der Waals surface area contributed by atoms with Gasteiger partial charge in [-0.15, -0.1) is 0 Å². The number of ether oxygens (including phenoxy) is 1. The first-order chi connectivity index (χ1) is 15.0. The van der Waals surface area contributed by atoms with E-state index >= 15 is 0 Å². The summed E-state index contributed by atoms with van der Waals surface area (Å²) in [6, 6.07) is 7.98. The lowest BCUT2D eigenvalue weighted by molar-refractivity contribution is 0.0947. The van der Waals surface area contributed by atoms with Crippen LogP contribution in [0.2, 0.25) is 0 Å². The zero-order chi connectivity index (χ0) is 22.0. The number of benzene rings is 1. The second-order valence-corrected chi connectivity index (χ2v) is 7.98. The minimum Gasteiger partial charge on any atom is -0.497 e. The zero-order valence-corrected chi connectivity index (χ0v) is 18.7. The predicted octanol–water partition coefficient (Wildman–Crippen LogP) is 2.29. The van der Waals surface area contributed by atoms with Gasteiger partial charge in [0.05, 0.1) is 19.9 Å². The summed E-state index contributed by atoms with van der Waals surface area (Å²) in [6.07, 6.45) is 2.78. The van der Waals surface area contributed by atoms with Crippen LogP contribution in [-0.4, -0.2) is 50.6 Å². The van der Waals surface area contributed by atoms with Gasteiger partial charge in [0.1, 0.15) is 5.75 Å². The Bertz CT molecular complexity index is 1080. The van der Waals surface area contributed by atoms with Gasteiger partial charge in [-0.2, -0.15) is 10.2 Å². The molecule has 0 radical (unpaired) electrons. The van der Waals surface area contributed by atoms with Crippen LogP contribution in [0.3, 0.4) is 0 Å². The van der Waals surface area contributed by atoms with E-state index in [2.05, 4.69) is 28.3 Å². The molecular formula is C23H30N6O2. The number of nitrogens with zero attached hydrogens (tertiary/aromatic N) is 5. The molecule has 1 aliphatic heterocycles. The molecule has 3 aromatic rings. The summed E-state index contributed by atoms with van der Waals surface area (Å²) >= 11 is 0. The molecule has 0 atom stereocenters. The minimum absolute atomic E-state index is 0.109. The summed E-state index contributed by atoms with van der Waals surface area (Å²) in [7, 11) is 3.63. The first-order valence-electron chi connectivity index (χ1n) is 10.7. The molecule has 0 unspecified atom stereocenters. The molecule has 1 aliphatic rings. The summed E-state index contributed by atoms with van der Waals surface area (Å²) < 4.78 is 9.24. The number of carbonyl (C=O) groups excluding carboxylic acids is 1. The summed E-state index contributed by atoms with van der Waals surface area (Å²) in [5.74, 6) is 0.711. The van der Waals surface area contributed by atoms with Gasteiger partial charge in [0.2, 0.25) is 0 Å². The van der Waals surface area contributed by atoms with Crippen molar-refractivity contribution in [2.24, 2.45) is 7.05 Å². The zero-order valence-electron chi connectivity index (χ0n) is 18.7. The fourth-order valence-electron chi connectivity index (χ4n) is 4.12. The van der Waals surface area contributed by atoms with Crippen molar-refractivity contribution in [2.75, 3.05) is 20.2 Å². The molecule has 8 heteroatoms. The van der Waals surface area contributed by atoms with E-state index in [9.17, 15) is 4.79 Å². The highest BCUT2D eigenvalue weighted by atomic mass is 16.5. The lowest BCUT2D eigenvalue weighted by Gasteiger charge is -2.27. The highest BCUT2D eigenvalue weighted by Gasteiger charge is 2.28. The molecule has 1 aromatic carbocycles. The van der Waals surface area contributed by atoms with Crippen molar-refractivity contribution in [3.63, 3.8) is 0 Å². The molecule has 3 heterocycles. The molecular weight excluding hydrogens is 392 g/mol. The fraction of sp³-hybridized carbons (Fsp3) is 0.435. The van der Waals surface area contributed by atoms with Crippen LogP contribution in [0.4, 0.5) is 0 Å². The van der Waals surface area contributed by atoms with Crippen molar-refractivity contribution >= 4 is 5.91 Å². The van der Waals surface area contributed by atoms with Crippen LogP contribution in [-0.2, 0) is 33.1 Å². The molecule has 0 bridgehead atoms. The van der Waals surface area contributed by atoms with Crippen molar-refractivity contribution in [1.82, 2.24) is 29.8 Å². The third-order valence-corrected chi connectivity index (χ3v) is 5.96. The number of amides is 1. The number of methoxy groups -OCH3 is 1. The van der Waals surface area contributed by atoms with Crippen LogP contribution < -0.4 is 10.1 Å². The monoisotopic (exact) mass is 422 g/mol. The van der Waals surface area contributed by atoms with Crippen molar-refractivity contribution in [1.29, 1.82) is 0 Å². The number of aryl methyl sites for hydroxylation is 1. The number of nitrogens with one attached hydrogen (secondary N) is 1. The molecule has 164 valence electrons. The number of rotatable bonds is 7. The molecule has 2 aromatic heterocycles. The van der Waals surface area contributed by atoms with Crippen molar-refractivity contribution in [3.8, 4) is 5.75 Å². The van der Waals surface area contributed by atoms with Crippen LogP contribution >= 0.6 is 0 Å². The average molecular weight is 423 g/mol. The van der Waals surface area contributed by atoms with Gasteiger partial charge in [-0.25, -0.2) is 0 Å². The fourth-order valence-corrected chi connectivity index (χ4v) is 4.12. The van der Waals surface area contributed by atoms with Crippen LogP contribution in [0.15, 0.2) is 30.5 Å². The maximum atomic E-state index is 12.8. The summed E-state index contributed by atoms with van der Waals surface area (Å²) in [6.45, 7) is 7.64. The summed E-state index contributed by atoms with van der Waals surface area (Å²) in [4.78, 5) is 15.1. The molecule has 0 spiro atoms. The number of hydrogen-bond donors (Lipinski definition) is 1. The third kappa shape index (κ3) is 4.34. The largest absolute Gasteiger partial charge is 0.497 e. The number of fused-ring (bicyclic) bond motifs is 1. The Morgan fingerprint density at radius 1 is 1.29 bits per heavy atom. The third-order valence-electron chi connectivity index (χ3n) is 5.96. The van der Waals surface area contributed by atoms with E-state index in [1.165, 1.54) is 11.3 Å². The second-order valence-electron chi connectivity index (χ2n) is 7.98. The molecule has 0 saturated heterocycles. The van der Waals surface area contributed by atoms with Gasteiger partial charge < -0.3 is 10.1 Å². The van der Waals surface area contributed by atoms with Crippen molar-refractivity contribution in [2.45, 2.75) is 39.9 Å². The maximum absolute atomic E-state index is 12.8. The van der Waals surface area contributed by atoms with Crippen molar-refractivity contribution < 1.29 is 9.53 Å². The van der Waals surface area contributed by atoms with Gasteiger partial charge in [0, 0.05) is 62.2 Å². The van der Waals surface area contributed by atoms with Crippen LogP contribution in [0.1, 0.15) is 45.5 Å². The molecule has 0 fully saturated rings. The van der Waals surface area contributed by atoms with E-state index in [4.69, 9.17) is 9.84 Å². The van der Waals surface area contributed by atoms with Crippen LogP contribution in [0.5, 0.6) is 5.75 Å².